The van der Waals surface area contributed by atoms with E-state index < -0.39 is 23.1 Å². The lowest BCUT2D eigenvalue weighted by Crippen LogP contribution is -2.48. The van der Waals surface area contributed by atoms with Gasteiger partial charge in [-0.3, -0.25) is 4.79 Å². The van der Waals surface area contributed by atoms with E-state index in [1.165, 1.54) is 6.07 Å². The van der Waals surface area contributed by atoms with Gasteiger partial charge >= 0.3 is 0 Å². The number of hydrogen-bond donors (Lipinski definition) is 2. The van der Waals surface area contributed by atoms with Gasteiger partial charge in [-0.1, -0.05) is 6.92 Å². The number of aliphatic hydroxyl groups excluding tert-OH is 1. The lowest BCUT2D eigenvalue weighted by Gasteiger charge is -2.27. The van der Waals surface area contributed by atoms with Gasteiger partial charge in [-0.25, -0.2) is 8.78 Å². The predicted molar refractivity (Wildman–Crippen MR) is 59.6 cm³/mol. The third kappa shape index (κ3) is 3.23. The molecule has 94 valence electrons. The summed E-state index contributed by atoms with van der Waals surface area (Å²) in [7, 11) is 0. The molecular formula is C12H15F2NO2. The van der Waals surface area contributed by atoms with Crippen LogP contribution in [0.5, 0.6) is 0 Å². The number of carbonyl (C=O) groups is 1. The predicted octanol–water partition coefficient (Wildman–Crippen LogP) is 1.86. The Labute approximate surface area is 98.5 Å². The van der Waals surface area contributed by atoms with E-state index in [0.29, 0.717) is 6.42 Å². The van der Waals surface area contributed by atoms with E-state index in [4.69, 9.17) is 5.11 Å². The molecule has 0 bridgehead atoms. The van der Waals surface area contributed by atoms with Crippen LogP contribution in [0.1, 0.15) is 30.6 Å². The van der Waals surface area contributed by atoms with Crippen LogP contribution >= 0.6 is 0 Å². The highest BCUT2D eigenvalue weighted by atomic mass is 19.2. The first-order valence-electron chi connectivity index (χ1n) is 5.30. The third-order valence-corrected chi connectivity index (χ3v) is 2.73. The Morgan fingerprint density at radius 3 is 2.53 bits per heavy atom. The summed E-state index contributed by atoms with van der Waals surface area (Å²) in [6.07, 6.45) is 0.527. The first kappa shape index (κ1) is 13.6. The quantitative estimate of drug-likeness (QED) is 0.848. The number of halogens is 2. The van der Waals surface area contributed by atoms with Crippen LogP contribution in [0.4, 0.5) is 8.78 Å². The highest BCUT2D eigenvalue weighted by molar-refractivity contribution is 5.94. The van der Waals surface area contributed by atoms with Gasteiger partial charge in [0.15, 0.2) is 11.6 Å². The largest absolute Gasteiger partial charge is 0.394 e. The molecule has 0 saturated heterocycles. The van der Waals surface area contributed by atoms with Crippen LogP contribution in [0.15, 0.2) is 18.2 Å². The second-order valence-electron chi connectivity index (χ2n) is 4.16. The number of rotatable bonds is 4. The number of amides is 1. The van der Waals surface area contributed by atoms with Crippen LogP contribution in [0.2, 0.25) is 0 Å². The molecule has 0 fully saturated rings. The minimum Gasteiger partial charge on any atom is -0.394 e. The van der Waals surface area contributed by atoms with E-state index >= 15 is 0 Å². The van der Waals surface area contributed by atoms with Crippen LogP contribution in [0.3, 0.4) is 0 Å². The fourth-order valence-corrected chi connectivity index (χ4v) is 1.22. The van der Waals surface area contributed by atoms with Gasteiger partial charge in [-0.2, -0.15) is 0 Å². The maximum Gasteiger partial charge on any atom is 0.251 e. The zero-order valence-electron chi connectivity index (χ0n) is 9.76. The summed E-state index contributed by atoms with van der Waals surface area (Å²) < 4.78 is 25.6. The van der Waals surface area contributed by atoms with Crippen molar-refractivity contribution < 1.29 is 18.7 Å². The van der Waals surface area contributed by atoms with Crippen molar-refractivity contribution in [1.29, 1.82) is 0 Å². The Morgan fingerprint density at radius 2 is 2.06 bits per heavy atom. The van der Waals surface area contributed by atoms with E-state index in [2.05, 4.69) is 5.32 Å². The third-order valence-electron chi connectivity index (χ3n) is 2.73. The SMILES string of the molecule is CCC(C)(CO)NC(=O)c1ccc(F)c(F)c1. The van der Waals surface area contributed by atoms with Gasteiger partial charge in [0.2, 0.25) is 0 Å². The second-order valence-corrected chi connectivity index (χ2v) is 4.16. The molecular weight excluding hydrogens is 228 g/mol. The van der Waals surface area contributed by atoms with Crippen LogP contribution in [0.25, 0.3) is 0 Å². The average Bonchev–Trinajstić information content (AvgIpc) is 2.32. The van der Waals surface area contributed by atoms with Gasteiger partial charge in [0.05, 0.1) is 12.1 Å². The lowest BCUT2D eigenvalue weighted by atomic mass is 9.99. The van der Waals surface area contributed by atoms with Crippen molar-refractivity contribution in [2.75, 3.05) is 6.61 Å². The Kier molecular flexibility index (Phi) is 4.17. The molecule has 0 aromatic heterocycles. The Balaban J connectivity index is 2.86. The van der Waals surface area contributed by atoms with Crippen LogP contribution in [-0.2, 0) is 0 Å². The summed E-state index contributed by atoms with van der Waals surface area (Å²) in [5.41, 5.74) is -0.737. The zero-order chi connectivity index (χ0) is 13.1. The molecule has 1 aromatic rings. The molecule has 5 heteroatoms. The highest BCUT2D eigenvalue weighted by Gasteiger charge is 2.24. The van der Waals surface area contributed by atoms with Crippen molar-refractivity contribution in [1.82, 2.24) is 5.32 Å². The van der Waals surface area contributed by atoms with Crippen LogP contribution in [-0.4, -0.2) is 23.2 Å². The normalized spacial score (nSPS) is 14.2. The van der Waals surface area contributed by atoms with Crippen molar-refractivity contribution in [2.45, 2.75) is 25.8 Å². The molecule has 1 atom stereocenters. The second kappa shape index (κ2) is 5.23. The Bertz CT molecular complexity index is 417. The molecule has 0 spiro atoms. The maximum absolute atomic E-state index is 12.9. The van der Waals surface area contributed by atoms with Crippen molar-refractivity contribution >= 4 is 5.91 Å². The number of nitrogens with one attached hydrogen (secondary N) is 1. The maximum atomic E-state index is 12.9. The van der Waals surface area contributed by atoms with Gasteiger partial charge in [-0.15, -0.1) is 0 Å². The van der Waals surface area contributed by atoms with Crippen molar-refractivity contribution in [3.8, 4) is 0 Å². The van der Waals surface area contributed by atoms with E-state index in [1.54, 1.807) is 6.92 Å². The highest BCUT2D eigenvalue weighted by Crippen LogP contribution is 2.12. The Morgan fingerprint density at radius 1 is 1.41 bits per heavy atom. The summed E-state index contributed by atoms with van der Waals surface area (Å²) >= 11 is 0. The van der Waals surface area contributed by atoms with E-state index in [9.17, 15) is 13.6 Å². The van der Waals surface area contributed by atoms with Gasteiger partial charge in [0.25, 0.3) is 5.91 Å². The van der Waals surface area contributed by atoms with Crippen LogP contribution in [0, 0.1) is 11.6 Å². The van der Waals surface area contributed by atoms with Crippen molar-refractivity contribution in [3.63, 3.8) is 0 Å². The molecule has 17 heavy (non-hydrogen) atoms. The van der Waals surface area contributed by atoms with E-state index in [0.717, 1.165) is 12.1 Å². The minimum atomic E-state index is -1.07. The number of aliphatic hydroxyl groups is 1. The summed E-state index contributed by atoms with van der Waals surface area (Å²) in [5, 5.41) is 11.7. The first-order valence-corrected chi connectivity index (χ1v) is 5.30. The van der Waals surface area contributed by atoms with Crippen LogP contribution < -0.4 is 5.32 Å². The molecule has 0 heterocycles. The molecule has 0 saturated carbocycles. The van der Waals surface area contributed by atoms with E-state index in [-0.39, 0.29) is 12.2 Å². The molecule has 1 aromatic carbocycles. The van der Waals surface area contributed by atoms with Gasteiger partial charge < -0.3 is 10.4 Å². The summed E-state index contributed by atoms with van der Waals surface area (Å²) in [4.78, 5) is 11.7. The molecule has 0 aliphatic rings. The molecule has 1 rings (SSSR count). The van der Waals surface area contributed by atoms with Gasteiger partial charge in [0.1, 0.15) is 0 Å². The summed E-state index contributed by atoms with van der Waals surface area (Å²) in [6, 6.07) is 2.92. The van der Waals surface area contributed by atoms with Crippen molar-refractivity contribution in [3.05, 3.63) is 35.4 Å². The lowest BCUT2D eigenvalue weighted by molar-refractivity contribution is 0.0847. The molecule has 0 aliphatic carbocycles. The molecule has 0 aliphatic heterocycles. The molecule has 1 amide bonds. The molecule has 1 unspecified atom stereocenters. The van der Waals surface area contributed by atoms with Gasteiger partial charge in [-0.05, 0) is 31.5 Å². The average molecular weight is 243 g/mol. The standard InChI is InChI=1S/C12H15F2NO2/c1-3-12(2,7-16)15-11(17)8-4-5-9(13)10(14)6-8/h4-6,16H,3,7H2,1-2H3,(H,15,17). The van der Waals surface area contributed by atoms with E-state index in [1.807, 2.05) is 6.92 Å². The molecule has 3 nitrogen and oxygen atoms in total. The first-order chi connectivity index (χ1) is 7.91. The van der Waals surface area contributed by atoms with Crippen molar-refractivity contribution in [2.24, 2.45) is 0 Å². The topological polar surface area (TPSA) is 49.3 Å². The number of hydrogen-bond acceptors (Lipinski definition) is 2. The summed E-state index contributed by atoms with van der Waals surface area (Å²) in [5.74, 6) is -2.61. The Hall–Kier alpha value is -1.49. The minimum absolute atomic E-state index is 0.0250. The number of carbonyl (C=O) groups excluding carboxylic acids is 1. The fourth-order valence-electron chi connectivity index (χ4n) is 1.22. The molecule has 2 N–H and O–H groups in total. The fraction of sp³-hybridized carbons (Fsp3) is 0.417. The zero-order valence-corrected chi connectivity index (χ0v) is 9.76. The number of benzene rings is 1. The van der Waals surface area contributed by atoms with Gasteiger partial charge in [0, 0.05) is 5.56 Å². The summed E-state index contributed by atoms with van der Waals surface area (Å²) in [6.45, 7) is 3.26. The molecule has 0 radical (unpaired) electrons. The monoisotopic (exact) mass is 243 g/mol. The smallest absolute Gasteiger partial charge is 0.251 e.